The zero-order valence-corrected chi connectivity index (χ0v) is 7.97. The molecule has 0 aromatic rings. The van der Waals surface area contributed by atoms with Crippen molar-refractivity contribution < 1.29 is 0 Å². The molecule has 0 aromatic carbocycles. The molecule has 0 spiro atoms. The van der Waals surface area contributed by atoms with Gasteiger partial charge in [0, 0.05) is 6.04 Å². The topological polar surface area (TPSA) is 38.0 Å². The van der Waals surface area contributed by atoms with Gasteiger partial charge in [0.1, 0.15) is 0 Å². The lowest BCUT2D eigenvalue weighted by atomic mass is 9.80. The van der Waals surface area contributed by atoms with Crippen LogP contribution in [0.3, 0.4) is 0 Å². The van der Waals surface area contributed by atoms with E-state index in [9.17, 15) is 0 Å². The molecule has 0 saturated heterocycles. The molecule has 1 saturated carbocycles. The highest BCUT2D eigenvalue weighted by atomic mass is 15.2. The van der Waals surface area contributed by atoms with Gasteiger partial charge in [-0.3, -0.25) is 11.3 Å². The Kier molecular flexibility index (Phi) is 3.76. The van der Waals surface area contributed by atoms with Crippen molar-refractivity contribution in [2.24, 2.45) is 11.8 Å². The number of hydrogen-bond acceptors (Lipinski definition) is 2. The Morgan fingerprint density at radius 1 is 1.67 bits per heavy atom. The zero-order valence-electron chi connectivity index (χ0n) is 7.97. The molecule has 2 nitrogen and oxygen atoms in total. The third-order valence-electron chi connectivity index (χ3n) is 2.67. The van der Waals surface area contributed by atoms with Gasteiger partial charge in [0.05, 0.1) is 0 Å². The molecule has 0 aliphatic heterocycles. The van der Waals surface area contributed by atoms with Crippen molar-refractivity contribution in [2.75, 3.05) is 0 Å². The maximum atomic E-state index is 5.46. The van der Waals surface area contributed by atoms with Gasteiger partial charge in [-0.15, -0.1) is 6.58 Å². The van der Waals surface area contributed by atoms with Crippen LogP contribution < -0.4 is 11.3 Å². The molecule has 0 bridgehead atoms. The number of nitrogens with one attached hydrogen (secondary N) is 1. The maximum absolute atomic E-state index is 5.46. The van der Waals surface area contributed by atoms with Gasteiger partial charge >= 0.3 is 0 Å². The maximum Gasteiger partial charge on any atom is 0.0250 e. The smallest absolute Gasteiger partial charge is 0.0250 e. The SMILES string of the molecule is C=C(C)CC(CC1CCC1)NN. The first-order valence-corrected chi connectivity index (χ1v) is 4.83. The van der Waals surface area contributed by atoms with E-state index < -0.39 is 0 Å². The molecule has 1 atom stereocenters. The van der Waals surface area contributed by atoms with Crippen molar-refractivity contribution in [3.8, 4) is 0 Å². The Balaban J connectivity index is 2.19. The summed E-state index contributed by atoms with van der Waals surface area (Å²) in [5, 5.41) is 0. The molecule has 1 rings (SSSR count). The van der Waals surface area contributed by atoms with Crippen molar-refractivity contribution in [2.45, 2.75) is 45.1 Å². The summed E-state index contributed by atoms with van der Waals surface area (Å²) in [5.41, 5.74) is 4.09. The Morgan fingerprint density at radius 3 is 2.67 bits per heavy atom. The van der Waals surface area contributed by atoms with Gasteiger partial charge in [-0.05, 0) is 25.7 Å². The molecule has 1 aliphatic carbocycles. The Bertz CT molecular complexity index is 150. The van der Waals surface area contributed by atoms with Crippen LogP contribution in [0.4, 0.5) is 0 Å². The van der Waals surface area contributed by atoms with Crippen molar-refractivity contribution in [3.05, 3.63) is 12.2 Å². The third kappa shape index (κ3) is 2.95. The van der Waals surface area contributed by atoms with E-state index >= 15 is 0 Å². The molecular formula is C10H20N2. The molecule has 0 heterocycles. The second-order valence-electron chi connectivity index (χ2n) is 4.06. The lowest BCUT2D eigenvalue weighted by molar-refractivity contribution is 0.259. The zero-order chi connectivity index (χ0) is 8.97. The minimum absolute atomic E-state index is 0.452. The first kappa shape index (κ1) is 9.75. The summed E-state index contributed by atoms with van der Waals surface area (Å²) in [6.07, 6.45) is 6.45. The van der Waals surface area contributed by atoms with Gasteiger partial charge in [-0.1, -0.05) is 24.8 Å². The molecule has 70 valence electrons. The highest BCUT2D eigenvalue weighted by molar-refractivity contribution is 4.93. The fourth-order valence-corrected chi connectivity index (χ4v) is 1.76. The van der Waals surface area contributed by atoms with E-state index in [4.69, 9.17) is 5.84 Å². The van der Waals surface area contributed by atoms with Crippen LogP contribution in [-0.2, 0) is 0 Å². The monoisotopic (exact) mass is 168 g/mol. The molecule has 1 fully saturated rings. The largest absolute Gasteiger partial charge is 0.271 e. The molecule has 0 aromatic heterocycles. The fraction of sp³-hybridized carbons (Fsp3) is 0.800. The van der Waals surface area contributed by atoms with E-state index in [1.165, 1.54) is 31.3 Å². The van der Waals surface area contributed by atoms with Gasteiger partial charge < -0.3 is 0 Å². The summed E-state index contributed by atoms with van der Waals surface area (Å²) >= 11 is 0. The minimum atomic E-state index is 0.452. The third-order valence-corrected chi connectivity index (χ3v) is 2.67. The summed E-state index contributed by atoms with van der Waals surface area (Å²) in [4.78, 5) is 0. The van der Waals surface area contributed by atoms with Crippen molar-refractivity contribution in [1.82, 2.24) is 5.43 Å². The molecule has 12 heavy (non-hydrogen) atoms. The first-order chi connectivity index (χ1) is 5.72. The normalized spacial score (nSPS) is 20.2. The van der Waals surface area contributed by atoms with Crippen LogP contribution in [0, 0.1) is 5.92 Å². The minimum Gasteiger partial charge on any atom is -0.271 e. The summed E-state index contributed by atoms with van der Waals surface area (Å²) in [7, 11) is 0. The van der Waals surface area contributed by atoms with E-state index in [1.807, 2.05) is 0 Å². The first-order valence-electron chi connectivity index (χ1n) is 4.83. The van der Waals surface area contributed by atoms with E-state index in [0.29, 0.717) is 6.04 Å². The van der Waals surface area contributed by atoms with E-state index in [1.54, 1.807) is 0 Å². The van der Waals surface area contributed by atoms with Gasteiger partial charge in [-0.2, -0.15) is 0 Å². The van der Waals surface area contributed by atoms with Crippen molar-refractivity contribution in [3.63, 3.8) is 0 Å². The number of nitrogens with two attached hydrogens (primary N) is 1. The summed E-state index contributed by atoms with van der Waals surface area (Å²) in [6, 6.07) is 0.452. The van der Waals surface area contributed by atoms with E-state index in [0.717, 1.165) is 12.3 Å². The quantitative estimate of drug-likeness (QED) is 0.374. The molecular weight excluding hydrogens is 148 g/mol. The lowest BCUT2D eigenvalue weighted by Crippen LogP contribution is -2.37. The average Bonchev–Trinajstić information content (AvgIpc) is 1.93. The van der Waals surface area contributed by atoms with Gasteiger partial charge in [0.25, 0.3) is 0 Å². The molecule has 2 heteroatoms. The molecule has 1 aliphatic rings. The molecule has 1 unspecified atom stereocenters. The Morgan fingerprint density at radius 2 is 2.33 bits per heavy atom. The van der Waals surface area contributed by atoms with E-state index in [2.05, 4.69) is 18.9 Å². The summed E-state index contributed by atoms with van der Waals surface area (Å²) in [6.45, 7) is 5.96. The van der Waals surface area contributed by atoms with Crippen LogP contribution >= 0.6 is 0 Å². The molecule has 0 amide bonds. The van der Waals surface area contributed by atoms with Crippen LogP contribution in [-0.4, -0.2) is 6.04 Å². The van der Waals surface area contributed by atoms with Gasteiger partial charge in [0.2, 0.25) is 0 Å². The van der Waals surface area contributed by atoms with E-state index in [-0.39, 0.29) is 0 Å². The molecule has 3 N–H and O–H groups in total. The predicted octanol–water partition coefficient (Wildman–Crippen LogP) is 1.97. The number of hydrazine groups is 1. The second kappa shape index (κ2) is 4.63. The van der Waals surface area contributed by atoms with Crippen LogP contribution in [0.5, 0.6) is 0 Å². The Labute approximate surface area is 75.2 Å². The highest BCUT2D eigenvalue weighted by Gasteiger charge is 2.21. The van der Waals surface area contributed by atoms with Crippen LogP contribution in [0.1, 0.15) is 39.0 Å². The van der Waals surface area contributed by atoms with Gasteiger partial charge in [0.15, 0.2) is 0 Å². The fourth-order valence-electron chi connectivity index (χ4n) is 1.76. The Hall–Kier alpha value is -0.340. The predicted molar refractivity (Wildman–Crippen MR) is 52.5 cm³/mol. The van der Waals surface area contributed by atoms with Crippen LogP contribution in [0.25, 0.3) is 0 Å². The summed E-state index contributed by atoms with van der Waals surface area (Å²) in [5.74, 6) is 6.38. The van der Waals surface area contributed by atoms with Crippen molar-refractivity contribution >= 4 is 0 Å². The lowest BCUT2D eigenvalue weighted by Gasteiger charge is -2.29. The van der Waals surface area contributed by atoms with Crippen LogP contribution in [0.2, 0.25) is 0 Å². The standard InChI is InChI=1S/C10H20N2/c1-8(2)6-10(12-11)7-9-4-3-5-9/h9-10,12H,1,3-7,11H2,2H3. The second-order valence-corrected chi connectivity index (χ2v) is 4.06. The van der Waals surface area contributed by atoms with Gasteiger partial charge in [-0.25, -0.2) is 0 Å². The van der Waals surface area contributed by atoms with Crippen LogP contribution in [0.15, 0.2) is 12.2 Å². The number of rotatable bonds is 5. The summed E-state index contributed by atoms with van der Waals surface area (Å²) < 4.78 is 0. The average molecular weight is 168 g/mol. The van der Waals surface area contributed by atoms with Crippen molar-refractivity contribution in [1.29, 1.82) is 0 Å². The highest BCUT2D eigenvalue weighted by Crippen LogP contribution is 2.31. The number of hydrogen-bond donors (Lipinski definition) is 2. The molecule has 0 radical (unpaired) electrons.